The van der Waals surface area contributed by atoms with E-state index >= 15 is 0 Å². The molecule has 0 aliphatic carbocycles. The van der Waals surface area contributed by atoms with Crippen molar-refractivity contribution in [3.8, 4) is 11.5 Å². The molecule has 0 unspecified atom stereocenters. The van der Waals surface area contributed by atoms with Gasteiger partial charge in [-0.15, -0.1) is 10.2 Å². The molecule has 4 rings (SSSR count). The van der Waals surface area contributed by atoms with E-state index in [9.17, 15) is 4.39 Å². The van der Waals surface area contributed by atoms with Crippen molar-refractivity contribution in [2.45, 2.75) is 18.3 Å². The number of aromatic nitrogens is 2. The largest absolute Gasteiger partial charge is 0.420 e. The monoisotopic (exact) mass is 358 g/mol. The number of nitrogens with zero attached hydrogens (tertiary/aromatic N) is 2. The third-order valence-electron chi connectivity index (χ3n) is 4.67. The predicted octanol–water partition coefficient (Wildman–Crippen LogP) is 4.63. The zero-order chi connectivity index (χ0) is 17.3. The second-order valence-electron chi connectivity index (χ2n) is 6.07. The summed E-state index contributed by atoms with van der Waals surface area (Å²) in [6.45, 7) is 1.14. The first-order valence-electron chi connectivity index (χ1n) is 8.12. The van der Waals surface area contributed by atoms with Gasteiger partial charge < -0.3 is 9.15 Å². The molecule has 1 aliphatic rings. The summed E-state index contributed by atoms with van der Waals surface area (Å²) >= 11 is 6.46. The molecule has 0 radical (unpaired) electrons. The molecule has 25 heavy (non-hydrogen) atoms. The van der Waals surface area contributed by atoms with Gasteiger partial charge in [-0.05, 0) is 36.6 Å². The average Bonchev–Trinajstić information content (AvgIpc) is 3.13. The van der Waals surface area contributed by atoms with Crippen LogP contribution in [0.2, 0.25) is 5.02 Å². The highest BCUT2D eigenvalue weighted by Gasteiger charge is 2.42. The van der Waals surface area contributed by atoms with Gasteiger partial charge in [-0.2, -0.15) is 0 Å². The minimum atomic E-state index is -0.521. The van der Waals surface area contributed by atoms with Gasteiger partial charge in [0.15, 0.2) is 0 Å². The Hall–Kier alpha value is -2.24. The van der Waals surface area contributed by atoms with Crippen molar-refractivity contribution >= 4 is 11.6 Å². The van der Waals surface area contributed by atoms with E-state index < -0.39 is 11.2 Å². The third-order valence-corrected chi connectivity index (χ3v) is 5.00. The molecule has 1 fully saturated rings. The lowest BCUT2D eigenvalue weighted by molar-refractivity contribution is 0.0546. The summed E-state index contributed by atoms with van der Waals surface area (Å²) in [7, 11) is 0. The van der Waals surface area contributed by atoms with E-state index in [0.717, 1.165) is 5.56 Å². The standard InChI is InChI=1S/C19H16ClFN2O2/c20-15-7-3-2-6-14(15)19(9-11-24-12-10-19)18-23-22-17(25-18)13-5-1-4-8-16(13)21/h1-8H,9-12H2. The third kappa shape index (κ3) is 2.83. The zero-order valence-corrected chi connectivity index (χ0v) is 14.2. The summed E-state index contributed by atoms with van der Waals surface area (Å²) in [5.41, 5.74) is 0.707. The SMILES string of the molecule is Fc1ccccc1-c1nnc(C2(c3ccccc3Cl)CCOCC2)o1. The zero-order valence-electron chi connectivity index (χ0n) is 13.4. The fourth-order valence-corrected chi connectivity index (χ4v) is 3.64. The summed E-state index contributed by atoms with van der Waals surface area (Å²) in [6.07, 6.45) is 1.35. The molecule has 0 amide bonds. The number of rotatable bonds is 3. The van der Waals surface area contributed by atoms with Gasteiger partial charge in [-0.1, -0.05) is 41.9 Å². The second-order valence-corrected chi connectivity index (χ2v) is 6.47. The molecule has 0 bridgehead atoms. The number of benzene rings is 2. The second kappa shape index (κ2) is 6.58. The van der Waals surface area contributed by atoms with Crippen LogP contribution in [0.15, 0.2) is 52.9 Å². The normalized spacial score (nSPS) is 16.7. The van der Waals surface area contributed by atoms with Crippen LogP contribution in [0, 0.1) is 5.82 Å². The van der Waals surface area contributed by atoms with Gasteiger partial charge >= 0.3 is 0 Å². The van der Waals surface area contributed by atoms with Crippen LogP contribution in [0.25, 0.3) is 11.5 Å². The van der Waals surface area contributed by atoms with E-state index in [1.165, 1.54) is 6.07 Å². The lowest BCUT2D eigenvalue weighted by Crippen LogP contribution is -2.35. The Kier molecular flexibility index (Phi) is 4.27. The molecule has 1 saturated heterocycles. The Morgan fingerprint density at radius 2 is 1.68 bits per heavy atom. The smallest absolute Gasteiger partial charge is 0.250 e. The molecule has 6 heteroatoms. The van der Waals surface area contributed by atoms with E-state index in [1.54, 1.807) is 18.2 Å². The van der Waals surface area contributed by atoms with Gasteiger partial charge in [-0.3, -0.25) is 0 Å². The Morgan fingerprint density at radius 3 is 2.44 bits per heavy atom. The van der Waals surface area contributed by atoms with Gasteiger partial charge in [0.1, 0.15) is 5.82 Å². The van der Waals surface area contributed by atoms with Crippen LogP contribution in [0.3, 0.4) is 0 Å². The van der Waals surface area contributed by atoms with Crippen molar-refractivity contribution in [1.29, 1.82) is 0 Å². The molecule has 1 aromatic heterocycles. The van der Waals surface area contributed by atoms with Gasteiger partial charge in [0.2, 0.25) is 5.89 Å². The lowest BCUT2D eigenvalue weighted by atomic mass is 9.74. The molecule has 4 nitrogen and oxygen atoms in total. The summed E-state index contributed by atoms with van der Waals surface area (Å²) in [5, 5.41) is 8.98. The highest BCUT2D eigenvalue weighted by atomic mass is 35.5. The minimum Gasteiger partial charge on any atom is -0.420 e. The van der Waals surface area contributed by atoms with Crippen LogP contribution >= 0.6 is 11.6 Å². The van der Waals surface area contributed by atoms with Crippen molar-refractivity contribution < 1.29 is 13.5 Å². The summed E-state index contributed by atoms with van der Waals surface area (Å²) in [6, 6.07) is 14.0. The highest BCUT2D eigenvalue weighted by molar-refractivity contribution is 6.31. The van der Waals surface area contributed by atoms with E-state index in [1.807, 2.05) is 24.3 Å². The maximum Gasteiger partial charge on any atom is 0.250 e. The first-order valence-corrected chi connectivity index (χ1v) is 8.50. The van der Waals surface area contributed by atoms with Crippen molar-refractivity contribution in [1.82, 2.24) is 10.2 Å². The number of ether oxygens (including phenoxy) is 1. The maximum atomic E-state index is 14.0. The molecular weight excluding hydrogens is 343 g/mol. The quantitative estimate of drug-likeness (QED) is 0.685. The van der Waals surface area contributed by atoms with Crippen molar-refractivity contribution in [2.75, 3.05) is 13.2 Å². The first kappa shape index (κ1) is 16.2. The fraction of sp³-hybridized carbons (Fsp3) is 0.263. The van der Waals surface area contributed by atoms with Gasteiger partial charge in [0, 0.05) is 18.2 Å². The van der Waals surface area contributed by atoms with E-state index in [0.29, 0.717) is 42.5 Å². The molecule has 0 spiro atoms. The van der Waals surface area contributed by atoms with Crippen LogP contribution in [-0.2, 0) is 10.2 Å². The van der Waals surface area contributed by atoms with Crippen LogP contribution in [0.1, 0.15) is 24.3 Å². The summed E-state index contributed by atoms with van der Waals surface area (Å²) in [5.74, 6) is 0.227. The van der Waals surface area contributed by atoms with E-state index in [2.05, 4.69) is 10.2 Å². The lowest BCUT2D eigenvalue weighted by Gasteiger charge is -2.35. The number of hydrogen-bond donors (Lipinski definition) is 0. The maximum absolute atomic E-state index is 14.0. The van der Waals surface area contributed by atoms with Crippen molar-refractivity contribution in [3.05, 3.63) is 70.8 Å². The molecule has 128 valence electrons. The Labute approximate surface area is 149 Å². The topological polar surface area (TPSA) is 48.2 Å². The van der Waals surface area contributed by atoms with Crippen LogP contribution in [0.5, 0.6) is 0 Å². The number of hydrogen-bond acceptors (Lipinski definition) is 4. The van der Waals surface area contributed by atoms with Gasteiger partial charge in [0.05, 0.1) is 11.0 Å². The molecule has 0 N–H and O–H groups in total. The average molecular weight is 359 g/mol. The molecule has 0 saturated carbocycles. The van der Waals surface area contributed by atoms with Crippen LogP contribution in [-0.4, -0.2) is 23.4 Å². The molecular formula is C19H16ClFN2O2. The van der Waals surface area contributed by atoms with Gasteiger partial charge in [0.25, 0.3) is 5.89 Å². The fourth-order valence-electron chi connectivity index (χ4n) is 3.33. The Morgan fingerprint density at radius 1 is 0.960 bits per heavy atom. The molecule has 2 aromatic carbocycles. The van der Waals surface area contributed by atoms with Crippen LogP contribution in [0.4, 0.5) is 4.39 Å². The van der Waals surface area contributed by atoms with Gasteiger partial charge in [-0.25, -0.2) is 4.39 Å². The molecule has 3 aromatic rings. The van der Waals surface area contributed by atoms with E-state index in [-0.39, 0.29) is 5.89 Å². The molecule has 1 aliphatic heterocycles. The molecule has 0 atom stereocenters. The predicted molar refractivity (Wildman–Crippen MR) is 92.0 cm³/mol. The summed E-state index contributed by atoms with van der Waals surface area (Å²) < 4.78 is 25.5. The van der Waals surface area contributed by atoms with Crippen molar-refractivity contribution in [2.24, 2.45) is 0 Å². The summed E-state index contributed by atoms with van der Waals surface area (Å²) in [4.78, 5) is 0. The number of halogens is 2. The first-order chi connectivity index (χ1) is 12.2. The Bertz CT molecular complexity index is 890. The Balaban J connectivity index is 1.82. The van der Waals surface area contributed by atoms with E-state index in [4.69, 9.17) is 20.8 Å². The van der Waals surface area contributed by atoms with Crippen molar-refractivity contribution in [3.63, 3.8) is 0 Å². The van der Waals surface area contributed by atoms with Crippen LogP contribution < -0.4 is 0 Å². The molecule has 2 heterocycles. The minimum absolute atomic E-state index is 0.172. The highest BCUT2D eigenvalue weighted by Crippen LogP contribution is 2.44.